The molecule has 2 N–H and O–H groups in total. The molecule has 0 saturated carbocycles. The highest BCUT2D eigenvalue weighted by Crippen LogP contribution is 2.28. The first-order valence-electron chi connectivity index (χ1n) is 6.37. The van der Waals surface area contributed by atoms with Gasteiger partial charge in [0, 0.05) is 4.47 Å². The summed E-state index contributed by atoms with van der Waals surface area (Å²) in [7, 11) is -3.46. The Labute approximate surface area is 130 Å². The molecule has 1 amide bonds. The van der Waals surface area contributed by atoms with Gasteiger partial charge in [-0.15, -0.1) is 0 Å². The molecule has 1 aliphatic rings. The third kappa shape index (κ3) is 3.44. The summed E-state index contributed by atoms with van der Waals surface area (Å²) in [6.07, 6.45) is 1.49. The molecule has 8 heteroatoms. The number of hydrogen-bond donors (Lipinski definition) is 2. The third-order valence-corrected chi connectivity index (χ3v) is 6.20. The number of carbonyl (C=O) groups is 2. The molecule has 1 aliphatic heterocycles. The molecule has 1 heterocycles. The number of sulfone groups is 1. The van der Waals surface area contributed by atoms with Crippen LogP contribution in [0.5, 0.6) is 0 Å². The topological polar surface area (TPSA) is 101 Å². The predicted octanol–water partition coefficient (Wildman–Crippen LogP) is 2.05. The summed E-state index contributed by atoms with van der Waals surface area (Å²) in [6.45, 7) is 0. The number of nitrogens with one attached hydrogen (secondary N) is 1. The standard InChI is InChI=1S/C13H14BrNO5S/c14-9-5-3-4-8(13(17)18)11(9)15-12(16)10-6-1-2-7-21(10,19)20/h3-5,10H,1-2,6-7H2,(H,15,16)(H,17,18). The van der Waals surface area contributed by atoms with Gasteiger partial charge in [-0.3, -0.25) is 4.79 Å². The van der Waals surface area contributed by atoms with Gasteiger partial charge in [0.05, 0.1) is 17.0 Å². The minimum absolute atomic E-state index is 0.00711. The molecule has 2 rings (SSSR count). The van der Waals surface area contributed by atoms with E-state index in [1.807, 2.05) is 0 Å². The highest BCUT2D eigenvalue weighted by Gasteiger charge is 2.35. The van der Waals surface area contributed by atoms with Gasteiger partial charge in [0.15, 0.2) is 9.84 Å². The number of hydrogen-bond acceptors (Lipinski definition) is 4. The lowest BCUT2D eigenvalue weighted by Gasteiger charge is -2.22. The molecule has 1 unspecified atom stereocenters. The van der Waals surface area contributed by atoms with Gasteiger partial charge in [0.25, 0.3) is 0 Å². The molecule has 1 aromatic carbocycles. The van der Waals surface area contributed by atoms with Crippen LogP contribution in [0.1, 0.15) is 29.6 Å². The molecule has 1 atom stereocenters. The largest absolute Gasteiger partial charge is 0.478 e. The van der Waals surface area contributed by atoms with Crippen LogP contribution in [0.25, 0.3) is 0 Å². The van der Waals surface area contributed by atoms with E-state index in [0.717, 1.165) is 0 Å². The molecule has 21 heavy (non-hydrogen) atoms. The van der Waals surface area contributed by atoms with E-state index >= 15 is 0 Å². The van der Waals surface area contributed by atoms with Crippen molar-refractivity contribution in [3.8, 4) is 0 Å². The maximum absolute atomic E-state index is 12.2. The lowest BCUT2D eigenvalue weighted by Crippen LogP contribution is -2.39. The van der Waals surface area contributed by atoms with E-state index in [2.05, 4.69) is 21.2 Å². The van der Waals surface area contributed by atoms with E-state index in [4.69, 9.17) is 5.11 Å². The molecule has 0 aromatic heterocycles. The molecule has 6 nitrogen and oxygen atoms in total. The van der Waals surface area contributed by atoms with Gasteiger partial charge in [-0.25, -0.2) is 13.2 Å². The van der Waals surface area contributed by atoms with E-state index in [9.17, 15) is 18.0 Å². The highest BCUT2D eigenvalue weighted by atomic mass is 79.9. The van der Waals surface area contributed by atoms with Gasteiger partial charge in [0.2, 0.25) is 5.91 Å². The van der Waals surface area contributed by atoms with Crippen molar-refractivity contribution in [2.24, 2.45) is 0 Å². The molecule has 0 radical (unpaired) electrons. The number of aromatic carboxylic acids is 1. The second kappa shape index (κ2) is 6.15. The van der Waals surface area contributed by atoms with E-state index < -0.39 is 27.0 Å². The van der Waals surface area contributed by atoms with E-state index in [1.54, 1.807) is 6.07 Å². The van der Waals surface area contributed by atoms with E-state index in [-0.39, 0.29) is 23.4 Å². The lowest BCUT2D eigenvalue weighted by atomic mass is 10.1. The average molecular weight is 376 g/mol. The Morgan fingerprint density at radius 2 is 2.00 bits per heavy atom. The fourth-order valence-electron chi connectivity index (χ4n) is 2.28. The second-order valence-corrected chi connectivity index (χ2v) is 7.97. The van der Waals surface area contributed by atoms with Gasteiger partial charge < -0.3 is 10.4 Å². The first-order chi connectivity index (χ1) is 9.83. The van der Waals surface area contributed by atoms with E-state index in [1.165, 1.54) is 12.1 Å². The SMILES string of the molecule is O=C(O)c1cccc(Br)c1NC(=O)C1CCCCS1(=O)=O. The fourth-order valence-corrected chi connectivity index (χ4v) is 4.55. The maximum atomic E-state index is 12.2. The summed E-state index contributed by atoms with van der Waals surface area (Å²) in [5.41, 5.74) is -0.0123. The number of amides is 1. The molecule has 0 spiro atoms. The summed E-state index contributed by atoms with van der Waals surface area (Å²) >= 11 is 3.17. The average Bonchev–Trinajstić information content (AvgIpc) is 2.40. The number of para-hydroxylation sites is 1. The molecular weight excluding hydrogens is 362 g/mol. The lowest BCUT2D eigenvalue weighted by molar-refractivity contribution is -0.116. The van der Waals surface area contributed by atoms with Crippen LogP contribution in [0.15, 0.2) is 22.7 Å². The first kappa shape index (κ1) is 16.0. The van der Waals surface area contributed by atoms with Crippen molar-refractivity contribution < 1.29 is 23.1 Å². The number of halogens is 1. The van der Waals surface area contributed by atoms with Crippen molar-refractivity contribution in [1.82, 2.24) is 0 Å². The first-order valence-corrected chi connectivity index (χ1v) is 8.88. The van der Waals surface area contributed by atoms with Crippen molar-refractivity contribution in [2.75, 3.05) is 11.1 Å². The van der Waals surface area contributed by atoms with Crippen LogP contribution < -0.4 is 5.32 Å². The normalized spacial score (nSPS) is 20.7. The minimum Gasteiger partial charge on any atom is -0.478 e. The Balaban J connectivity index is 2.30. The highest BCUT2D eigenvalue weighted by molar-refractivity contribution is 9.10. The Kier molecular flexibility index (Phi) is 4.67. The second-order valence-electron chi connectivity index (χ2n) is 4.81. The Morgan fingerprint density at radius 3 is 2.62 bits per heavy atom. The molecule has 1 fully saturated rings. The van der Waals surface area contributed by atoms with Crippen molar-refractivity contribution in [3.05, 3.63) is 28.2 Å². The predicted molar refractivity (Wildman–Crippen MR) is 81.2 cm³/mol. The monoisotopic (exact) mass is 375 g/mol. The number of carboxylic acids is 1. The number of anilines is 1. The zero-order valence-electron chi connectivity index (χ0n) is 11.0. The van der Waals surface area contributed by atoms with Crippen LogP contribution in [0.4, 0.5) is 5.69 Å². The Hall–Kier alpha value is -1.41. The summed E-state index contributed by atoms with van der Waals surface area (Å²) in [5.74, 6) is -1.88. The van der Waals surface area contributed by atoms with Crippen molar-refractivity contribution >= 4 is 43.3 Å². The smallest absolute Gasteiger partial charge is 0.337 e. The fraction of sp³-hybridized carbons (Fsp3) is 0.385. The van der Waals surface area contributed by atoms with Gasteiger partial charge in [-0.05, 0) is 40.9 Å². The van der Waals surface area contributed by atoms with Crippen LogP contribution in [0.2, 0.25) is 0 Å². The zero-order chi connectivity index (χ0) is 15.6. The quantitative estimate of drug-likeness (QED) is 0.841. The van der Waals surface area contributed by atoms with Gasteiger partial charge in [-0.2, -0.15) is 0 Å². The molecule has 0 aliphatic carbocycles. The summed E-state index contributed by atoms with van der Waals surface area (Å²) < 4.78 is 24.2. The number of carbonyl (C=O) groups excluding carboxylic acids is 1. The molecular formula is C13H14BrNO5S. The zero-order valence-corrected chi connectivity index (χ0v) is 13.4. The maximum Gasteiger partial charge on any atom is 0.337 e. The minimum atomic E-state index is -3.46. The van der Waals surface area contributed by atoms with Gasteiger partial charge in [-0.1, -0.05) is 12.5 Å². The molecule has 114 valence electrons. The van der Waals surface area contributed by atoms with Gasteiger partial charge >= 0.3 is 5.97 Å². The van der Waals surface area contributed by atoms with Crippen LogP contribution in [-0.4, -0.2) is 36.4 Å². The number of carboxylic acid groups (broad SMARTS) is 1. The molecule has 1 aromatic rings. The summed E-state index contributed by atoms with van der Waals surface area (Å²) in [4.78, 5) is 23.4. The Morgan fingerprint density at radius 1 is 1.29 bits per heavy atom. The van der Waals surface area contributed by atoms with Crippen molar-refractivity contribution in [3.63, 3.8) is 0 Å². The third-order valence-electron chi connectivity index (χ3n) is 3.36. The number of benzene rings is 1. The Bertz CT molecular complexity index is 686. The van der Waals surface area contributed by atoms with Crippen molar-refractivity contribution in [2.45, 2.75) is 24.5 Å². The van der Waals surface area contributed by atoms with Crippen LogP contribution in [0, 0.1) is 0 Å². The summed E-state index contributed by atoms with van der Waals surface area (Å²) in [6, 6.07) is 4.45. The van der Waals surface area contributed by atoms with Gasteiger partial charge in [0.1, 0.15) is 5.25 Å². The van der Waals surface area contributed by atoms with Crippen LogP contribution >= 0.6 is 15.9 Å². The van der Waals surface area contributed by atoms with Crippen LogP contribution in [-0.2, 0) is 14.6 Å². The summed E-state index contributed by atoms with van der Waals surface area (Å²) in [5, 5.41) is 10.5. The van der Waals surface area contributed by atoms with E-state index in [0.29, 0.717) is 17.3 Å². The number of rotatable bonds is 3. The van der Waals surface area contributed by atoms with Crippen LogP contribution in [0.3, 0.4) is 0 Å². The van der Waals surface area contributed by atoms with Crippen molar-refractivity contribution in [1.29, 1.82) is 0 Å². The molecule has 0 bridgehead atoms. The molecule has 1 saturated heterocycles.